The number of pyridine rings is 1. The molecule has 0 aliphatic heterocycles. The molecule has 0 radical (unpaired) electrons. The van der Waals surface area contributed by atoms with Gasteiger partial charge in [-0.05, 0) is 6.07 Å². The Bertz CT molecular complexity index is 383. The van der Waals surface area contributed by atoms with Crippen LogP contribution in [0.25, 0.3) is 0 Å². The lowest BCUT2D eigenvalue weighted by Crippen LogP contribution is -2.27. The summed E-state index contributed by atoms with van der Waals surface area (Å²) < 4.78 is 31.5. The monoisotopic (exact) mass is 214 g/mol. The number of rotatable bonds is 3. The third kappa shape index (κ3) is 1.30. The maximum atomic E-state index is 13.3. The van der Waals surface area contributed by atoms with Crippen LogP contribution >= 0.6 is 0 Å². The molecular weight excluding hydrogens is 202 g/mol. The first-order valence-electron chi connectivity index (χ1n) is 4.65. The molecule has 1 unspecified atom stereocenters. The summed E-state index contributed by atoms with van der Waals surface area (Å²) in [5.74, 6) is -2.50. The molecule has 1 atom stereocenters. The molecule has 0 spiro atoms. The minimum atomic E-state index is -2.74. The van der Waals surface area contributed by atoms with Crippen LogP contribution in [0.15, 0.2) is 18.3 Å². The van der Waals surface area contributed by atoms with Crippen LogP contribution in [-0.2, 0) is 5.41 Å². The van der Waals surface area contributed by atoms with Crippen LogP contribution in [0.5, 0.6) is 5.88 Å². The molecule has 2 N–H and O–H groups in total. The van der Waals surface area contributed by atoms with E-state index in [9.17, 15) is 8.78 Å². The summed E-state index contributed by atoms with van der Waals surface area (Å²) in [5.41, 5.74) is 4.57. The lowest BCUT2D eigenvalue weighted by atomic mass is 9.96. The third-order valence-electron chi connectivity index (χ3n) is 2.93. The Morgan fingerprint density at radius 2 is 2.27 bits per heavy atom. The second-order valence-corrected chi connectivity index (χ2v) is 3.73. The zero-order chi connectivity index (χ0) is 11.1. The Kier molecular flexibility index (Phi) is 2.15. The summed E-state index contributed by atoms with van der Waals surface area (Å²) in [6.07, 6.45) is 1.28. The molecule has 0 aromatic carbocycles. The maximum Gasteiger partial charge on any atom is 0.260 e. The highest BCUT2D eigenvalue weighted by Gasteiger charge is 2.72. The summed E-state index contributed by atoms with van der Waals surface area (Å²) in [7, 11) is 1.41. The zero-order valence-electron chi connectivity index (χ0n) is 8.34. The molecule has 15 heavy (non-hydrogen) atoms. The van der Waals surface area contributed by atoms with Crippen LogP contribution in [0, 0.1) is 0 Å². The number of halogens is 2. The van der Waals surface area contributed by atoms with E-state index in [-0.39, 0.29) is 18.8 Å². The van der Waals surface area contributed by atoms with Gasteiger partial charge in [-0.1, -0.05) is 6.07 Å². The highest BCUT2D eigenvalue weighted by Crippen LogP contribution is 2.62. The van der Waals surface area contributed by atoms with Gasteiger partial charge in [0.05, 0.1) is 12.5 Å². The Labute approximate surface area is 86.3 Å². The fourth-order valence-electron chi connectivity index (χ4n) is 1.88. The summed E-state index contributed by atoms with van der Waals surface area (Å²) in [5, 5.41) is 0. The van der Waals surface area contributed by atoms with Gasteiger partial charge >= 0.3 is 0 Å². The van der Waals surface area contributed by atoms with Crippen LogP contribution in [0.2, 0.25) is 0 Å². The summed E-state index contributed by atoms with van der Waals surface area (Å²) in [6, 6.07) is 3.21. The lowest BCUT2D eigenvalue weighted by Gasteiger charge is -2.16. The molecule has 1 heterocycles. The van der Waals surface area contributed by atoms with Crippen LogP contribution in [0.3, 0.4) is 0 Å². The van der Waals surface area contributed by atoms with Gasteiger partial charge in [-0.3, -0.25) is 0 Å². The molecule has 1 fully saturated rings. The van der Waals surface area contributed by atoms with Gasteiger partial charge in [0.2, 0.25) is 5.88 Å². The molecule has 5 heteroatoms. The standard InChI is InChI=1S/C10H12F2N2O/c1-15-8-7(3-2-4-14-8)9(6-13)5-10(9,11)12/h2-4H,5-6,13H2,1H3. The molecule has 1 aliphatic rings. The zero-order valence-corrected chi connectivity index (χ0v) is 8.34. The van der Waals surface area contributed by atoms with Crippen LogP contribution in [0.4, 0.5) is 8.78 Å². The molecule has 0 bridgehead atoms. The van der Waals surface area contributed by atoms with E-state index < -0.39 is 11.3 Å². The first kappa shape index (κ1) is 10.3. The average molecular weight is 214 g/mol. The number of aromatic nitrogens is 1. The van der Waals surface area contributed by atoms with E-state index >= 15 is 0 Å². The normalized spacial score (nSPS) is 27.5. The molecule has 0 saturated heterocycles. The van der Waals surface area contributed by atoms with E-state index in [0.29, 0.717) is 5.56 Å². The number of hydrogen-bond donors (Lipinski definition) is 1. The summed E-state index contributed by atoms with van der Waals surface area (Å²) in [4.78, 5) is 3.91. The predicted molar refractivity (Wildman–Crippen MR) is 51.1 cm³/mol. The molecule has 3 nitrogen and oxygen atoms in total. The van der Waals surface area contributed by atoms with Crippen molar-refractivity contribution in [3.63, 3.8) is 0 Å². The van der Waals surface area contributed by atoms with Crippen molar-refractivity contribution >= 4 is 0 Å². The van der Waals surface area contributed by atoms with Gasteiger partial charge in [0.15, 0.2) is 0 Å². The first-order valence-corrected chi connectivity index (χ1v) is 4.65. The molecule has 1 saturated carbocycles. The minimum Gasteiger partial charge on any atom is -0.481 e. The van der Waals surface area contributed by atoms with Crippen molar-refractivity contribution in [3.8, 4) is 5.88 Å². The van der Waals surface area contributed by atoms with Gasteiger partial charge in [0.25, 0.3) is 5.92 Å². The lowest BCUT2D eigenvalue weighted by molar-refractivity contribution is 0.0887. The fourth-order valence-corrected chi connectivity index (χ4v) is 1.88. The predicted octanol–water partition coefficient (Wildman–Crippen LogP) is 1.33. The quantitative estimate of drug-likeness (QED) is 0.825. The Balaban J connectivity index is 2.46. The van der Waals surface area contributed by atoms with Crippen molar-refractivity contribution < 1.29 is 13.5 Å². The van der Waals surface area contributed by atoms with Crippen LogP contribution in [-0.4, -0.2) is 24.6 Å². The summed E-state index contributed by atoms with van der Waals surface area (Å²) >= 11 is 0. The summed E-state index contributed by atoms with van der Waals surface area (Å²) in [6.45, 7) is -0.0952. The van der Waals surface area contributed by atoms with Gasteiger partial charge in [0, 0.05) is 24.7 Å². The van der Waals surface area contributed by atoms with Crippen molar-refractivity contribution in [2.75, 3.05) is 13.7 Å². The molecular formula is C10H12F2N2O. The Morgan fingerprint density at radius 3 is 2.73 bits per heavy atom. The molecule has 0 amide bonds. The number of methoxy groups -OCH3 is 1. The van der Waals surface area contributed by atoms with Gasteiger partial charge in [0.1, 0.15) is 0 Å². The molecule has 1 aromatic rings. The molecule has 82 valence electrons. The second kappa shape index (κ2) is 3.13. The van der Waals surface area contributed by atoms with Crippen LogP contribution in [0.1, 0.15) is 12.0 Å². The average Bonchev–Trinajstić information content (AvgIpc) is 2.82. The SMILES string of the molecule is COc1ncccc1C1(CN)CC1(F)F. The number of hydrogen-bond acceptors (Lipinski definition) is 3. The first-order chi connectivity index (χ1) is 7.07. The fraction of sp³-hybridized carbons (Fsp3) is 0.500. The van der Waals surface area contributed by atoms with Crippen molar-refractivity contribution in [2.24, 2.45) is 5.73 Å². The van der Waals surface area contributed by atoms with Crippen molar-refractivity contribution in [2.45, 2.75) is 17.8 Å². The van der Waals surface area contributed by atoms with Crippen molar-refractivity contribution in [1.29, 1.82) is 0 Å². The van der Waals surface area contributed by atoms with Gasteiger partial charge in [-0.25, -0.2) is 13.8 Å². The Hall–Kier alpha value is -1.23. The van der Waals surface area contributed by atoms with Gasteiger partial charge in [-0.2, -0.15) is 0 Å². The third-order valence-corrected chi connectivity index (χ3v) is 2.93. The highest BCUT2D eigenvalue weighted by molar-refractivity contribution is 5.44. The maximum absolute atomic E-state index is 13.3. The van der Waals surface area contributed by atoms with Gasteiger partial charge in [-0.15, -0.1) is 0 Å². The minimum absolute atomic E-state index is 0.0952. The number of nitrogens with two attached hydrogens (primary N) is 1. The largest absolute Gasteiger partial charge is 0.481 e. The highest BCUT2D eigenvalue weighted by atomic mass is 19.3. The number of alkyl halides is 2. The Morgan fingerprint density at radius 1 is 1.60 bits per heavy atom. The topological polar surface area (TPSA) is 48.1 Å². The van der Waals surface area contributed by atoms with E-state index in [1.165, 1.54) is 13.3 Å². The number of ether oxygens (including phenoxy) is 1. The van der Waals surface area contributed by atoms with Crippen molar-refractivity contribution in [3.05, 3.63) is 23.9 Å². The van der Waals surface area contributed by atoms with Crippen molar-refractivity contribution in [1.82, 2.24) is 4.98 Å². The smallest absolute Gasteiger partial charge is 0.260 e. The van der Waals surface area contributed by atoms with E-state index in [0.717, 1.165) is 0 Å². The van der Waals surface area contributed by atoms with Crippen LogP contribution < -0.4 is 10.5 Å². The number of nitrogens with zero attached hydrogens (tertiary/aromatic N) is 1. The molecule has 2 rings (SSSR count). The second-order valence-electron chi connectivity index (χ2n) is 3.73. The van der Waals surface area contributed by atoms with E-state index in [1.807, 2.05) is 0 Å². The molecule has 1 aromatic heterocycles. The van der Waals surface area contributed by atoms with E-state index in [1.54, 1.807) is 12.1 Å². The van der Waals surface area contributed by atoms with E-state index in [4.69, 9.17) is 10.5 Å². The molecule has 1 aliphatic carbocycles. The van der Waals surface area contributed by atoms with Gasteiger partial charge < -0.3 is 10.5 Å². The van der Waals surface area contributed by atoms with E-state index in [2.05, 4.69) is 4.98 Å².